The molecule has 0 aromatic heterocycles. The number of piperidine rings is 1. The van der Waals surface area contributed by atoms with Gasteiger partial charge in [-0.25, -0.2) is 4.79 Å². The number of hydrogen-bond donors (Lipinski definition) is 1. The molecule has 6 nitrogen and oxygen atoms in total. The van der Waals surface area contributed by atoms with Gasteiger partial charge >= 0.3 is 12.1 Å². The smallest absolute Gasteiger partial charge is 0.410 e. The summed E-state index contributed by atoms with van der Waals surface area (Å²) < 4.78 is 5.42. The number of aliphatic carboxylic acids is 1. The van der Waals surface area contributed by atoms with Crippen molar-refractivity contribution in [2.45, 2.75) is 38.3 Å². The van der Waals surface area contributed by atoms with Crippen molar-refractivity contribution in [3.8, 4) is 0 Å². The van der Waals surface area contributed by atoms with Crippen LogP contribution in [0.2, 0.25) is 0 Å². The number of carbonyl (C=O) groups is 2. The zero-order valence-corrected chi connectivity index (χ0v) is 14.5. The minimum Gasteiger partial charge on any atom is -0.480 e. The maximum Gasteiger partial charge on any atom is 0.410 e. The van der Waals surface area contributed by atoms with Gasteiger partial charge in [-0.1, -0.05) is 30.3 Å². The monoisotopic (exact) mass is 346 g/mol. The summed E-state index contributed by atoms with van der Waals surface area (Å²) in [4.78, 5) is 27.2. The molecule has 3 rings (SSSR count). The minimum absolute atomic E-state index is 0.0968. The molecule has 1 aromatic carbocycles. The first-order chi connectivity index (χ1) is 12.1. The Morgan fingerprint density at radius 1 is 1.20 bits per heavy atom. The molecule has 1 aliphatic heterocycles. The fourth-order valence-electron chi connectivity index (χ4n) is 3.48. The minimum atomic E-state index is -0.776. The molecule has 1 N–H and O–H groups in total. The van der Waals surface area contributed by atoms with Gasteiger partial charge in [0.15, 0.2) is 0 Å². The van der Waals surface area contributed by atoms with Crippen molar-refractivity contribution in [3.05, 3.63) is 35.9 Å². The van der Waals surface area contributed by atoms with Crippen LogP contribution in [0.1, 0.15) is 31.2 Å². The summed E-state index contributed by atoms with van der Waals surface area (Å²) in [5.74, 6) is -0.459. The third-order valence-corrected chi connectivity index (χ3v) is 4.88. The van der Waals surface area contributed by atoms with E-state index in [-0.39, 0.29) is 19.2 Å². The molecule has 0 bridgehead atoms. The molecule has 136 valence electrons. The van der Waals surface area contributed by atoms with Gasteiger partial charge in [0.25, 0.3) is 0 Å². The Balaban J connectivity index is 1.48. The fraction of sp³-hybridized carbons (Fsp3) is 0.579. The zero-order valence-electron chi connectivity index (χ0n) is 14.5. The van der Waals surface area contributed by atoms with E-state index >= 15 is 0 Å². The predicted molar refractivity (Wildman–Crippen MR) is 93.2 cm³/mol. The molecule has 0 radical (unpaired) electrons. The lowest BCUT2D eigenvalue weighted by Gasteiger charge is -2.34. The lowest BCUT2D eigenvalue weighted by Crippen LogP contribution is -2.45. The molecule has 0 spiro atoms. The summed E-state index contributed by atoms with van der Waals surface area (Å²) in [6.45, 7) is 2.50. The molecular weight excluding hydrogens is 320 g/mol. The summed E-state index contributed by atoms with van der Waals surface area (Å²) >= 11 is 0. The highest BCUT2D eigenvalue weighted by Gasteiger charge is 2.33. The molecule has 1 aromatic rings. The Bertz CT molecular complexity index is 588. The quantitative estimate of drug-likeness (QED) is 0.822. The summed E-state index contributed by atoms with van der Waals surface area (Å²) in [6, 6.07) is 10.1. The predicted octanol–water partition coefficient (Wildman–Crippen LogP) is 2.58. The second-order valence-corrected chi connectivity index (χ2v) is 7.05. The molecule has 1 amide bonds. The molecule has 2 aliphatic rings. The Labute approximate surface area is 148 Å². The van der Waals surface area contributed by atoms with Gasteiger partial charge in [0.05, 0.1) is 6.54 Å². The molecule has 1 aliphatic carbocycles. The molecular formula is C19H26N2O4. The van der Waals surface area contributed by atoms with E-state index in [9.17, 15) is 9.59 Å². The Hall–Kier alpha value is -2.08. The number of carboxylic acids is 1. The van der Waals surface area contributed by atoms with Crippen molar-refractivity contribution in [2.75, 3.05) is 26.2 Å². The van der Waals surface area contributed by atoms with Crippen LogP contribution in [0, 0.1) is 5.92 Å². The molecule has 1 atom stereocenters. The molecule has 1 heterocycles. The highest BCUT2D eigenvalue weighted by molar-refractivity contribution is 5.69. The van der Waals surface area contributed by atoms with Gasteiger partial charge < -0.3 is 14.7 Å². The second kappa shape index (κ2) is 8.34. The third kappa shape index (κ3) is 5.46. The van der Waals surface area contributed by atoms with Crippen LogP contribution in [-0.4, -0.2) is 59.2 Å². The van der Waals surface area contributed by atoms with Crippen LogP contribution in [0.3, 0.4) is 0 Å². The average Bonchev–Trinajstić information content (AvgIpc) is 3.45. The first-order valence-electron chi connectivity index (χ1n) is 9.03. The number of ether oxygens (including phenoxy) is 1. The lowest BCUT2D eigenvalue weighted by molar-refractivity contribution is -0.138. The molecule has 25 heavy (non-hydrogen) atoms. The van der Waals surface area contributed by atoms with Gasteiger partial charge in [0.1, 0.15) is 6.61 Å². The maximum atomic E-state index is 12.3. The number of benzene rings is 1. The Kier molecular flexibility index (Phi) is 5.91. The van der Waals surface area contributed by atoms with Gasteiger partial charge in [-0.05, 0) is 37.2 Å². The van der Waals surface area contributed by atoms with E-state index in [1.807, 2.05) is 30.3 Å². The van der Waals surface area contributed by atoms with Gasteiger partial charge in [-0.3, -0.25) is 9.69 Å². The van der Waals surface area contributed by atoms with Crippen LogP contribution in [0.4, 0.5) is 4.79 Å². The topological polar surface area (TPSA) is 70.1 Å². The number of carboxylic acid groups (broad SMARTS) is 1. The van der Waals surface area contributed by atoms with Crippen molar-refractivity contribution in [1.29, 1.82) is 0 Å². The van der Waals surface area contributed by atoms with E-state index in [1.165, 1.54) is 0 Å². The maximum absolute atomic E-state index is 12.3. The van der Waals surface area contributed by atoms with Gasteiger partial charge in [0.2, 0.25) is 0 Å². The number of rotatable bonds is 7. The first-order valence-corrected chi connectivity index (χ1v) is 9.03. The first kappa shape index (κ1) is 17.7. The van der Waals surface area contributed by atoms with Gasteiger partial charge in [0, 0.05) is 25.7 Å². The standard InChI is InChI=1S/C19H26N2O4/c22-18(23)13-21(17-8-9-17)12-16-7-4-10-20(11-16)19(24)25-14-15-5-2-1-3-6-15/h1-3,5-6,16-17H,4,7-14H2,(H,22,23). The lowest BCUT2D eigenvalue weighted by atomic mass is 9.97. The van der Waals surface area contributed by atoms with E-state index in [4.69, 9.17) is 9.84 Å². The van der Waals surface area contributed by atoms with Gasteiger partial charge in [-0.15, -0.1) is 0 Å². The van der Waals surface area contributed by atoms with E-state index in [1.54, 1.807) is 4.90 Å². The van der Waals surface area contributed by atoms with E-state index < -0.39 is 5.97 Å². The Morgan fingerprint density at radius 3 is 2.64 bits per heavy atom. The van der Waals surface area contributed by atoms with E-state index in [0.717, 1.165) is 37.8 Å². The Morgan fingerprint density at radius 2 is 1.96 bits per heavy atom. The van der Waals surface area contributed by atoms with Crippen molar-refractivity contribution < 1.29 is 19.4 Å². The summed E-state index contributed by atoms with van der Waals surface area (Å²) in [5.41, 5.74) is 0.978. The number of carbonyl (C=O) groups excluding carboxylic acids is 1. The van der Waals surface area contributed by atoms with Gasteiger partial charge in [-0.2, -0.15) is 0 Å². The number of hydrogen-bond acceptors (Lipinski definition) is 4. The normalized spacial score (nSPS) is 20.5. The van der Waals surface area contributed by atoms with Crippen molar-refractivity contribution in [3.63, 3.8) is 0 Å². The molecule has 1 saturated heterocycles. The summed E-state index contributed by atoms with van der Waals surface area (Å²) in [6.07, 6.45) is 3.87. The second-order valence-electron chi connectivity index (χ2n) is 7.05. The van der Waals surface area contributed by atoms with Crippen molar-refractivity contribution in [2.24, 2.45) is 5.92 Å². The van der Waals surface area contributed by atoms with Crippen LogP contribution in [0.25, 0.3) is 0 Å². The third-order valence-electron chi connectivity index (χ3n) is 4.88. The number of likely N-dealkylation sites (tertiary alicyclic amines) is 1. The highest BCUT2D eigenvalue weighted by atomic mass is 16.6. The summed E-state index contributed by atoms with van der Waals surface area (Å²) in [5, 5.41) is 9.08. The molecule has 1 saturated carbocycles. The molecule has 2 fully saturated rings. The van der Waals surface area contributed by atoms with Crippen LogP contribution in [0.5, 0.6) is 0 Å². The highest BCUT2D eigenvalue weighted by Crippen LogP contribution is 2.29. The summed E-state index contributed by atoms with van der Waals surface area (Å²) in [7, 11) is 0. The fourth-order valence-corrected chi connectivity index (χ4v) is 3.48. The van der Waals surface area contributed by atoms with Crippen LogP contribution in [0.15, 0.2) is 30.3 Å². The van der Waals surface area contributed by atoms with Crippen LogP contribution in [-0.2, 0) is 16.1 Å². The van der Waals surface area contributed by atoms with E-state index in [0.29, 0.717) is 25.0 Å². The number of amides is 1. The average molecular weight is 346 g/mol. The van der Waals surface area contributed by atoms with Crippen LogP contribution >= 0.6 is 0 Å². The largest absolute Gasteiger partial charge is 0.480 e. The molecule has 6 heteroatoms. The number of nitrogens with zero attached hydrogens (tertiary/aromatic N) is 2. The molecule has 1 unspecified atom stereocenters. The van der Waals surface area contributed by atoms with E-state index in [2.05, 4.69) is 4.90 Å². The SMILES string of the molecule is O=C(O)CN(CC1CCCN(C(=O)OCc2ccccc2)C1)C1CC1. The van der Waals surface area contributed by atoms with Crippen molar-refractivity contribution in [1.82, 2.24) is 9.80 Å². The van der Waals surface area contributed by atoms with Crippen molar-refractivity contribution >= 4 is 12.1 Å². The van der Waals surface area contributed by atoms with Crippen LogP contribution < -0.4 is 0 Å². The zero-order chi connectivity index (χ0) is 17.6.